The van der Waals surface area contributed by atoms with Crippen LogP contribution in [-0.4, -0.2) is 31.9 Å². The molecule has 0 unspecified atom stereocenters. The number of benzene rings is 1. The van der Waals surface area contributed by atoms with Gasteiger partial charge in [-0.15, -0.1) is 30.4 Å². The Kier molecular flexibility index (Phi) is 11.7. The van der Waals surface area contributed by atoms with Gasteiger partial charge in [0.1, 0.15) is 6.61 Å². The van der Waals surface area contributed by atoms with Crippen molar-refractivity contribution in [1.29, 1.82) is 0 Å². The lowest BCUT2D eigenvalue weighted by molar-refractivity contribution is 0.330. The van der Waals surface area contributed by atoms with Crippen molar-refractivity contribution in [2.45, 2.75) is 45.7 Å². The van der Waals surface area contributed by atoms with Crippen molar-refractivity contribution >= 4 is 29.9 Å². The van der Waals surface area contributed by atoms with E-state index in [1.165, 1.54) is 0 Å². The molecule has 0 atom stereocenters. The van der Waals surface area contributed by atoms with E-state index in [4.69, 9.17) is 20.4 Å². The van der Waals surface area contributed by atoms with Gasteiger partial charge in [-0.05, 0) is 30.5 Å². The summed E-state index contributed by atoms with van der Waals surface area (Å²) >= 11 is 0. The van der Waals surface area contributed by atoms with E-state index in [9.17, 15) is 0 Å². The second-order valence-corrected chi connectivity index (χ2v) is 6.49. The number of guanidine groups is 1. The zero-order valence-electron chi connectivity index (χ0n) is 18.0. The summed E-state index contributed by atoms with van der Waals surface area (Å²) in [4.78, 5) is 4.25. The highest BCUT2D eigenvalue weighted by Crippen LogP contribution is 2.28. The molecule has 7 nitrogen and oxygen atoms in total. The largest absolute Gasteiger partial charge is 0.493 e. The first-order valence-electron chi connectivity index (χ1n) is 9.78. The van der Waals surface area contributed by atoms with Crippen LogP contribution in [0.4, 0.5) is 0 Å². The predicted molar refractivity (Wildman–Crippen MR) is 130 cm³/mol. The van der Waals surface area contributed by atoms with Gasteiger partial charge in [0, 0.05) is 25.6 Å². The van der Waals surface area contributed by atoms with Crippen LogP contribution in [0.5, 0.6) is 11.5 Å². The molecule has 1 aromatic carbocycles. The Morgan fingerprint density at radius 2 is 1.93 bits per heavy atom. The van der Waals surface area contributed by atoms with E-state index in [0.29, 0.717) is 36.5 Å². The predicted octanol–water partition coefficient (Wildman–Crippen LogP) is 4.08. The molecular weight excluding hydrogens is 495 g/mol. The molecule has 0 aliphatic rings. The molecule has 1 aromatic heterocycles. The number of aromatic nitrogens is 1. The number of halogens is 1. The first kappa shape index (κ1) is 25.6. The molecule has 0 aliphatic heterocycles. The molecule has 0 saturated carbocycles. The number of methoxy groups -OCH3 is 1. The number of terminal acetylenes is 1. The number of nitrogens with one attached hydrogen (secondary N) is 2. The highest BCUT2D eigenvalue weighted by Gasteiger charge is 2.13. The monoisotopic (exact) mass is 526 g/mol. The summed E-state index contributed by atoms with van der Waals surface area (Å²) in [6.07, 6.45) is 7.37. The van der Waals surface area contributed by atoms with Gasteiger partial charge in [-0.3, -0.25) is 4.99 Å². The molecule has 0 fully saturated rings. The van der Waals surface area contributed by atoms with Gasteiger partial charge >= 0.3 is 0 Å². The third-order valence-electron chi connectivity index (χ3n) is 4.63. The third kappa shape index (κ3) is 7.44. The second kappa shape index (κ2) is 13.7. The molecule has 2 rings (SSSR count). The van der Waals surface area contributed by atoms with Gasteiger partial charge in [0.2, 0.25) is 0 Å². The van der Waals surface area contributed by atoms with Crippen molar-refractivity contribution < 1.29 is 14.0 Å². The van der Waals surface area contributed by atoms with Crippen molar-refractivity contribution in [3.63, 3.8) is 0 Å². The van der Waals surface area contributed by atoms with Crippen LogP contribution >= 0.6 is 24.0 Å². The molecule has 8 heteroatoms. The van der Waals surface area contributed by atoms with Gasteiger partial charge in [0.25, 0.3) is 0 Å². The van der Waals surface area contributed by atoms with E-state index < -0.39 is 0 Å². The van der Waals surface area contributed by atoms with E-state index in [1.54, 1.807) is 14.2 Å². The number of rotatable bonds is 10. The lowest BCUT2D eigenvalue weighted by Crippen LogP contribution is -2.36. The highest BCUT2D eigenvalue weighted by atomic mass is 127. The fourth-order valence-electron chi connectivity index (χ4n) is 2.95. The van der Waals surface area contributed by atoms with Crippen molar-refractivity contribution in [2.24, 2.45) is 4.99 Å². The summed E-state index contributed by atoms with van der Waals surface area (Å²) in [6.45, 7) is 5.58. The van der Waals surface area contributed by atoms with Crippen molar-refractivity contribution in [1.82, 2.24) is 15.8 Å². The molecule has 0 amide bonds. The topological polar surface area (TPSA) is 80.9 Å². The van der Waals surface area contributed by atoms with Crippen LogP contribution in [0.3, 0.4) is 0 Å². The van der Waals surface area contributed by atoms with Crippen LogP contribution in [0.25, 0.3) is 0 Å². The summed E-state index contributed by atoms with van der Waals surface area (Å²) in [5.41, 5.74) is 2.02. The van der Waals surface area contributed by atoms with Gasteiger partial charge in [-0.2, -0.15) is 0 Å². The van der Waals surface area contributed by atoms with Gasteiger partial charge in [0.05, 0.1) is 19.3 Å². The molecule has 0 spiro atoms. The maximum absolute atomic E-state index is 5.54. The smallest absolute Gasteiger partial charge is 0.191 e. The Morgan fingerprint density at radius 1 is 1.20 bits per heavy atom. The van der Waals surface area contributed by atoms with E-state index >= 15 is 0 Å². The number of nitrogens with zero attached hydrogens (tertiary/aromatic N) is 2. The van der Waals surface area contributed by atoms with Gasteiger partial charge in [-0.25, -0.2) is 0 Å². The lowest BCUT2D eigenvalue weighted by atomic mass is 9.99. The first-order chi connectivity index (χ1) is 14.1. The summed E-state index contributed by atoms with van der Waals surface area (Å²) in [5, 5.41) is 10.7. The van der Waals surface area contributed by atoms with Gasteiger partial charge in [0.15, 0.2) is 23.2 Å². The standard InChI is InChI=1S/C22H30N4O3.HI/c1-6-11-28-21-12-16(9-10-20(21)27-5)14-24-22(23-4)25-15-18-13-19(26-29-18)17(7-2)8-3;/h1,9-10,12-13,17H,7-8,11,14-15H2,2-5H3,(H2,23,24,25);1H. The number of aliphatic imine (C=N–C) groups is 1. The maximum atomic E-state index is 5.54. The molecule has 0 bridgehead atoms. The first-order valence-corrected chi connectivity index (χ1v) is 9.78. The quantitative estimate of drug-likeness (QED) is 0.210. The average molecular weight is 526 g/mol. The minimum absolute atomic E-state index is 0. The number of hydrogen-bond donors (Lipinski definition) is 2. The lowest BCUT2D eigenvalue weighted by Gasteiger charge is -2.13. The molecular formula is C22H31IN4O3. The van der Waals surface area contributed by atoms with E-state index in [-0.39, 0.29) is 30.6 Å². The van der Waals surface area contributed by atoms with Crippen molar-refractivity contribution in [3.8, 4) is 23.8 Å². The Hall–Kier alpha value is -2.41. The Bertz CT molecular complexity index is 841. The van der Waals surface area contributed by atoms with Crippen LogP contribution in [0.2, 0.25) is 0 Å². The number of ether oxygens (including phenoxy) is 2. The minimum atomic E-state index is 0. The molecule has 0 aliphatic carbocycles. The normalized spacial score (nSPS) is 10.9. The van der Waals surface area contributed by atoms with Crippen molar-refractivity contribution in [3.05, 3.63) is 41.3 Å². The highest BCUT2D eigenvalue weighted by molar-refractivity contribution is 14.0. The van der Waals surface area contributed by atoms with Crippen molar-refractivity contribution in [2.75, 3.05) is 20.8 Å². The molecule has 2 aromatic rings. The third-order valence-corrected chi connectivity index (χ3v) is 4.63. The van der Waals surface area contributed by atoms with Crippen LogP contribution in [0, 0.1) is 12.3 Å². The van der Waals surface area contributed by atoms with E-state index in [2.05, 4.69) is 40.6 Å². The summed E-state index contributed by atoms with van der Waals surface area (Å²) in [7, 11) is 3.32. The Labute approximate surface area is 196 Å². The molecule has 2 N–H and O–H groups in total. The summed E-state index contributed by atoms with van der Waals surface area (Å²) in [5.74, 6) is 5.59. The maximum Gasteiger partial charge on any atom is 0.191 e. The Balaban J connectivity index is 0.00000450. The SMILES string of the molecule is C#CCOc1cc(CNC(=NC)NCc2cc(C(CC)CC)no2)ccc1OC.I. The van der Waals surface area contributed by atoms with E-state index in [0.717, 1.165) is 29.9 Å². The van der Waals surface area contributed by atoms with Crippen LogP contribution in [0.1, 0.15) is 49.6 Å². The van der Waals surface area contributed by atoms with Crippen LogP contribution in [-0.2, 0) is 13.1 Å². The number of hydrogen-bond acceptors (Lipinski definition) is 5. The second-order valence-electron chi connectivity index (χ2n) is 6.49. The molecule has 0 saturated heterocycles. The summed E-state index contributed by atoms with van der Waals surface area (Å²) in [6, 6.07) is 7.72. The zero-order valence-corrected chi connectivity index (χ0v) is 20.4. The minimum Gasteiger partial charge on any atom is -0.493 e. The molecule has 0 radical (unpaired) electrons. The molecule has 164 valence electrons. The molecule has 1 heterocycles. The van der Waals surface area contributed by atoms with Gasteiger partial charge in [-0.1, -0.05) is 31.0 Å². The van der Waals surface area contributed by atoms with Crippen LogP contribution in [0.15, 0.2) is 33.8 Å². The fourth-order valence-corrected chi connectivity index (χ4v) is 2.95. The molecule has 30 heavy (non-hydrogen) atoms. The van der Waals surface area contributed by atoms with E-state index in [1.807, 2.05) is 24.3 Å². The summed E-state index contributed by atoms with van der Waals surface area (Å²) < 4.78 is 16.3. The average Bonchev–Trinajstić information content (AvgIpc) is 3.22. The zero-order chi connectivity index (χ0) is 21.1. The fraction of sp³-hybridized carbons (Fsp3) is 0.455. The van der Waals surface area contributed by atoms with Gasteiger partial charge < -0.3 is 24.6 Å². The van der Waals surface area contributed by atoms with Crippen LogP contribution < -0.4 is 20.1 Å². The Morgan fingerprint density at radius 3 is 2.57 bits per heavy atom.